The Labute approximate surface area is 184 Å². The fourth-order valence-corrected chi connectivity index (χ4v) is 3.29. The normalized spacial score (nSPS) is 15.1. The second kappa shape index (κ2) is 10.9. The van der Waals surface area contributed by atoms with E-state index in [4.69, 9.17) is 4.74 Å². The van der Waals surface area contributed by atoms with Crippen molar-refractivity contribution in [1.82, 2.24) is 20.0 Å². The molecule has 1 N–H and O–H groups in total. The Bertz CT molecular complexity index is 808. The quantitative estimate of drug-likeness (QED) is 0.658. The summed E-state index contributed by atoms with van der Waals surface area (Å²) >= 11 is 0. The van der Waals surface area contributed by atoms with Crippen LogP contribution >= 0.6 is 0 Å². The molecule has 0 atom stereocenters. The van der Waals surface area contributed by atoms with Crippen LogP contribution in [0.5, 0.6) is 5.75 Å². The molecule has 1 saturated heterocycles. The van der Waals surface area contributed by atoms with Crippen molar-refractivity contribution >= 4 is 23.8 Å². The van der Waals surface area contributed by atoms with Crippen molar-refractivity contribution in [2.45, 2.75) is 26.3 Å². The first-order chi connectivity index (χ1) is 14.6. The number of methoxy groups -OCH3 is 1. The molecule has 0 spiro atoms. The van der Waals surface area contributed by atoms with Gasteiger partial charge in [0.1, 0.15) is 5.75 Å². The van der Waals surface area contributed by atoms with Gasteiger partial charge in [-0.1, -0.05) is 18.2 Å². The lowest BCUT2D eigenvalue weighted by Gasteiger charge is -2.35. The summed E-state index contributed by atoms with van der Waals surface area (Å²) in [7, 11) is 3.19. The topological polar surface area (TPSA) is 82.2 Å². The lowest BCUT2D eigenvalue weighted by Crippen LogP contribution is -2.54. The molecule has 1 heterocycles. The van der Waals surface area contributed by atoms with Crippen molar-refractivity contribution in [2.75, 3.05) is 53.4 Å². The highest BCUT2D eigenvalue weighted by molar-refractivity contribution is 5.94. The molecular formula is C23H34N4O4. The van der Waals surface area contributed by atoms with E-state index in [1.54, 1.807) is 25.1 Å². The number of nitrogens with zero attached hydrogens (tertiary/aromatic N) is 3. The van der Waals surface area contributed by atoms with E-state index in [-0.39, 0.29) is 29.8 Å². The second-order valence-electron chi connectivity index (χ2n) is 8.72. The zero-order valence-electron chi connectivity index (χ0n) is 19.2. The zero-order valence-corrected chi connectivity index (χ0v) is 19.2. The van der Waals surface area contributed by atoms with Crippen LogP contribution in [0.1, 0.15) is 26.3 Å². The molecule has 3 amide bonds. The number of hydrogen-bond acceptors (Lipinski definition) is 5. The number of likely N-dealkylation sites (N-methyl/N-ethyl adjacent to an activating group) is 1. The van der Waals surface area contributed by atoms with Gasteiger partial charge in [-0.05, 0) is 32.9 Å². The predicted octanol–water partition coefficient (Wildman–Crippen LogP) is 1.23. The maximum atomic E-state index is 12.6. The minimum absolute atomic E-state index is 0.0135. The average molecular weight is 431 g/mol. The van der Waals surface area contributed by atoms with E-state index in [1.165, 1.54) is 11.0 Å². The van der Waals surface area contributed by atoms with Crippen LogP contribution in [0, 0.1) is 0 Å². The van der Waals surface area contributed by atoms with Crippen molar-refractivity contribution < 1.29 is 19.1 Å². The van der Waals surface area contributed by atoms with Crippen LogP contribution in [-0.4, -0.2) is 91.4 Å². The minimum atomic E-state index is -0.258. The van der Waals surface area contributed by atoms with Crippen LogP contribution in [-0.2, 0) is 14.4 Å². The van der Waals surface area contributed by atoms with Gasteiger partial charge in [0.15, 0.2) is 0 Å². The van der Waals surface area contributed by atoms with E-state index in [1.807, 2.05) is 49.9 Å². The average Bonchev–Trinajstić information content (AvgIpc) is 2.71. The van der Waals surface area contributed by atoms with Gasteiger partial charge in [0.25, 0.3) is 0 Å². The van der Waals surface area contributed by atoms with Crippen molar-refractivity contribution in [3.8, 4) is 5.75 Å². The molecule has 0 bridgehead atoms. The van der Waals surface area contributed by atoms with E-state index < -0.39 is 0 Å². The summed E-state index contributed by atoms with van der Waals surface area (Å²) in [5, 5.41) is 2.95. The Hall–Kier alpha value is -2.87. The molecule has 8 nitrogen and oxygen atoms in total. The summed E-state index contributed by atoms with van der Waals surface area (Å²) < 4.78 is 5.27. The first-order valence-corrected chi connectivity index (χ1v) is 10.5. The molecule has 0 aromatic heterocycles. The van der Waals surface area contributed by atoms with Crippen molar-refractivity contribution in [2.24, 2.45) is 0 Å². The van der Waals surface area contributed by atoms with Crippen LogP contribution in [0.4, 0.5) is 0 Å². The van der Waals surface area contributed by atoms with Crippen LogP contribution in [0.3, 0.4) is 0 Å². The molecule has 0 radical (unpaired) electrons. The molecule has 1 aliphatic heterocycles. The Morgan fingerprint density at radius 1 is 1.13 bits per heavy atom. The molecule has 1 aromatic carbocycles. The third kappa shape index (κ3) is 8.05. The largest absolute Gasteiger partial charge is 0.496 e. The maximum Gasteiger partial charge on any atom is 0.246 e. The summed E-state index contributed by atoms with van der Waals surface area (Å²) in [5.41, 5.74) is 0.538. The van der Waals surface area contributed by atoms with Crippen LogP contribution in [0.15, 0.2) is 30.3 Å². The summed E-state index contributed by atoms with van der Waals surface area (Å²) in [5.74, 6) is 0.316. The highest BCUT2D eigenvalue weighted by Crippen LogP contribution is 2.18. The predicted molar refractivity (Wildman–Crippen MR) is 121 cm³/mol. The minimum Gasteiger partial charge on any atom is -0.496 e. The molecule has 0 aliphatic carbocycles. The highest BCUT2D eigenvalue weighted by Gasteiger charge is 2.24. The van der Waals surface area contributed by atoms with Crippen molar-refractivity contribution in [1.29, 1.82) is 0 Å². The number of benzene rings is 1. The van der Waals surface area contributed by atoms with Gasteiger partial charge in [-0.15, -0.1) is 0 Å². The number of para-hydroxylation sites is 1. The lowest BCUT2D eigenvalue weighted by molar-refractivity contribution is -0.138. The van der Waals surface area contributed by atoms with Gasteiger partial charge in [0, 0.05) is 50.4 Å². The molecule has 0 saturated carbocycles. The Balaban J connectivity index is 1.79. The second-order valence-corrected chi connectivity index (χ2v) is 8.72. The number of nitrogens with one attached hydrogen (secondary N) is 1. The molecule has 31 heavy (non-hydrogen) atoms. The SMILES string of the molecule is COc1ccccc1/C=C/C(=O)N(C)CC(=O)N1CCN(CC(=O)NC(C)(C)C)CC1. The number of carbonyl (C=O) groups is 3. The van der Waals surface area contributed by atoms with E-state index in [0.717, 1.165) is 5.56 Å². The Morgan fingerprint density at radius 2 is 1.77 bits per heavy atom. The van der Waals surface area contributed by atoms with E-state index in [9.17, 15) is 14.4 Å². The van der Waals surface area contributed by atoms with Crippen molar-refractivity contribution in [3.63, 3.8) is 0 Å². The fourth-order valence-electron chi connectivity index (χ4n) is 3.29. The van der Waals surface area contributed by atoms with Crippen LogP contribution in [0.2, 0.25) is 0 Å². The van der Waals surface area contributed by atoms with E-state index in [0.29, 0.717) is 38.5 Å². The summed E-state index contributed by atoms with van der Waals surface area (Å²) in [6.45, 7) is 8.54. The lowest BCUT2D eigenvalue weighted by atomic mass is 10.1. The molecule has 1 aromatic rings. The van der Waals surface area contributed by atoms with Crippen molar-refractivity contribution in [3.05, 3.63) is 35.9 Å². The summed E-state index contributed by atoms with van der Waals surface area (Å²) in [4.78, 5) is 42.2. The van der Waals surface area contributed by atoms with E-state index >= 15 is 0 Å². The van der Waals surface area contributed by atoms with Gasteiger partial charge in [-0.3, -0.25) is 19.3 Å². The van der Waals surface area contributed by atoms with E-state index in [2.05, 4.69) is 5.32 Å². The molecule has 0 unspecified atom stereocenters. The van der Waals surface area contributed by atoms with Gasteiger partial charge in [-0.2, -0.15) is 0 Å². The van der Waals surface area contributed by atoms with Gasteiger partial charge in [-0.25, -0.2) is 0 Å². The number of carbonyl (C=O) groups excluding carboxylic acids is 3. The maximum absolute atomic E-state index is 12.6. The molecule has 170 valence electrons. The van der Waals surface area contributed by atoms with Gasteiger partial charge >= 0.3 is 0 Å². The monoisotopic (exact) mass is 430 g/mol. The number of ether oxygens (including phenoxy) is 1. The molecule has 2 rings (SSSR count). The Kier molecular flexibility index (Phi) is 8.62. The van der Waals surface area contributed by atoms with Gasteiger partial charge < -0.3 is 19.9 Å². The standard InChI is InChI=1S/C23H34N4O4/c1-23(2,3)24-20(28)16-26-12-14-27(15-13-26)22(30)17-25(4)21(29)11-10-18-8-6-7-9-19(18)31-5/h6-11H,12-17H2,1-5H3,(H,24,28)/b11-10+. The molecule has 1 aliphatic rings. The number of hydrogen-bond donors (Lipinski definition) is 1. The third-order valence-corrected chi connectivity index (χ3v) is 4.90. The summed E-state index contributed by atoms with van der Waals surface area (Å²) in [6, 6.07) is 7.41. The fraction of sp³-hybridized carbons (Fsp3) is 0.522. The first kappa shape index (κ1) is 24.4. The molecule has 8 heteroatoms. The number of amides is 3. The van der Waals surface area contributed by atoms with Crippen LogP contribution in [0.25, 0.3) is 6.08 Å². The van der Waals surface area contributed by atoms with Gasteiger partial charge in [0.2, 0.25) is 17.7 Å². The first-order valence-electron chi connectivity index (χ1n) is 10.5. The molecular weight excluding hydrogens is 396 g/mol. The number of rotatable bonds is 7. The van der Waals surface area contributed by atoms with Crippen LogP contribution < -0.4 is 10.1 Å². The zero-order chi connectivity index (χ0) is 23.0. The Morgan fingerprint density at radius 3 is 2.39 bits per heavy atom. The smallest absolute Gasteiger partial charge is 0.246 e. The molecule has 1 fully saturated rings. The number of piperazine rings is 1. The van der Waals surface area contributed by atoms with Gasteiger partial charge in [0.05, 0.1) is 20.2 Å². The third-order valence-electron chi connectivity index (χ3n) is 4.90. The highest BCUT2D eigenvalue weighted by atomic mass is 16.5. The summed E-state index contributed by atoms with van der Waals surface area (Å²) in [6.07, 6.45) is 3.13.